The Labute approximate surface area is 336 Å². The van der Waals surface area contributed by atoms with Crippen LogP contribution in [-0.2, 0) is 37.9 Å². The van der Waals surface area contributed by atoms with Crippen molar-refractivity contribution in [2.45, 2.75) is 0 Å². The Morgan fingerprint density at radius 1 is 0.357 bits per heavy atom. The molecule has 0 aliphatic rings. The van der Waals surface area contributed by atoms with Gasteiger partial charge in [-0.1, -0.05) is 0 Å². The molecule has 4 aromatic carbocycles. The molecular weight excluding hydrogens is 775 g/mol. The lowest BCUT2D eigenvalue weighted by atomic mass is 9.91. The first kappa shape index (κ1) is 45.2. The second-order valence-corrected chi connectivity index (χ2v) is 12.7. The SMILES string of the molecule is COCCOCCOc1cc2c3cc(OCCOCCOC)c(OCCOCCOC)cc3c3cc(C(=O)Cl)c(C(=O)Cl)cc3c2cc1OCCOCCOC. The summed E-state index contributed by atoms with van der Waals surface area (Å²) in [5.74, 6) is 1.71. The number of rotatable bonds is 30. The third-order valence-corrected chi connectivity index (χ3v) is 8.69. The van der Waals surface area contributed by atoms with E-state index < -0.39 is 10.5 Å². The number of carbonyl (C=O) groups excluding carboxylic acids is 2. The summed E-state index contributed by atoms with van der Waals surface area (Å²) in [6.07, 6.45) is 0. The van der Waals surface area contributed by atoms with Crippen molar-refractivity contribution in [2.24, 2.45) is 0 Å². The van der Waals surface area contributed by atoms with E-state index in [0.29, 0.717) is 124 Å². The molecule has 0 bridgehead atoms. The molecule has 0 unspecified atom stereocenters. The molecule has 0 atom stereocenters. The second-order valence-electron chi connectivity index (χ2n) is 12.0. The highest BCUT2D eigenvalue weighted by atomic mass is 35.5. The van der Waals surface area contributed by atoms with E-state index in [1.54, 1.807) is 40.6 Å². The fourth-order valence-corrected chi connectivity index (χ4v) is 5.97. The molecule has 0 aromatic heterocycles. The van der Waals surface area contributed by atoms with Crippen molar-refractivity contribution >= 4 is 66.0 Å². The van der Waals surface area contributed by atoms with Gasteiger partial charge in [0, 0.05) is 39.6 Å². The van der Waals surface area contributed by atoms with Gasteiger partial charge in [0.05, 0.1) is 79.3 Å². The number of benzene rings is 4. The number of methoxy groups -OCH3 is 4. The lowest BCUT2D eigenvalue weighted by molar-refractivity contribution is 0.0499. The maximum absolute atomic E-state index is 12.7. The Morgan fingerprint density at radius 2 is 0.571 bits per heavy atom. The molecule has 0 saturated heterocycles. The van der Waals surface area contributed by atoms with Crippen LogP contribution in [0.25, 0.3) is 32.3 Å². The van der Waals surface area contributed by atoms with Crippen molar-refractivity contribution in [3.05, 3.63) is 47.5 Å². The summed E-state index contributed by atoms with van der Waals surface area (Å²) in [6, 6.07) is 10.5. The predicted molar refractivity (Wildman–Crippen MR) is 212 cm³/mol. The predicted octanol–water partition coefficient (Wildman–Crippen LogP) is 6.07. The quantitative estimate of drug-likeness (QED) is 0.0341. The minimum absolute atomic E-state index is 0.0412. The zero-order valence-electron chi connectivity index (χ0n) is 32.2. The molecule has 4 aromatic rings. The standard InChI is InChI=1S/C40H50Cl2O14/c1-45-5-9-49-13-17-53-35-23-29-27-21-33(39(41)43)34(40(42)44)22-28(27)30-24-36(54-18-14-50-10-6-46-2)38(56-20-16-52-12-8-48-4)26-32(30)31(29)25-37(35)55-19-15-51-11-7-47-3/h21-26H,5-20H2,1-4H3. The molecule has 0 saturated carbocycles. The molecule has 0 N–H and O–H groups in total. The summed E-state index contributed by atoms with van der Waals surface area (Å²) in [6.45, 7) is 5.47. The van der Waals surface area contributed by atoms with E-state index in [4.69, 9.17) is 80.0 Å². The van der Waals surface area contributed by atoms with Crippen LogP contribution in [0.5, 0.6) is 23.0 Å². The van der Waals surface area contributed by atoms with Gasteiger partial charge in [-0.3, -0.25) is 9.59 Å². The summed E-state index contributed by atoms with van der Waals surface area (Å²) in [5, 5.41) is 2.32. The van der Waals surface area contributed by atoms with Gasteiger partial charge in [-0.25, -0.2) is 0 Å². The summed E-state index contributed by atoms with van der Waals surface area (Å²) in [5.41, 5.74) is -0.0825. The smallest absolute Gasteiger partial charge is 0.253 e. The molecule has 0 fully saturated rings. The van der Waals surface area contributed by atoms with Gasteiger partial charge in [-0.15, -0.1) is 0 Å². The Balaban J connectivity index is 1.91. The van der Waals surface area contributed by atoms with Crippen LogP contribution >= 0.6 is 23.2 Å². The molecule has 14 nitrogen and oxygen atoms in total. The van der Waals surface area contributed by atoms with Crippen molar-refractivity contribution in [1.82, 2.24) is 0 Å². The van der Waals surface area contributed by atoms with Gasteiger partial charge >= 0.3 is 0 Å². The molecule has 56 heavy (non-hydrogen) atoms. The van der Waals surface area contributed by atoms with Gasteiger partial charge in [0.25, 0.3) is 10.5 Å². The molecule has 308 valence electrons. The Hall–Kier alpha value is -3.54. The fraction of sp³-hybridized carbons (Fsp3) is 0.500. The molecule has 4 rings (SSSR count). The summed E-state index contributed by atoms with van der Waals surface area (Å²) in [7, 11) is 6.41. The normalized spacial score (nSPS) is 11.5. The first-order valence-corrected chi connectivity index (χ1v) is 18.8. The Kier molecular flexibility index (Phi) is 20.1. The third-order valence-electron chi connectivity index (χ3n) is 8.29. The zero-order valence-corrected chi connectivity index (χ0v) is 33.8. The van der Waals surface area contributed by atoms with E-state index in [1.165, 1.54) is 0 Å². The van der Waals surface area contributed by atoms with E-state index >= 15 is 0 Å². The van der Waals surface area contributed by atoms with Crippen molar-refractivity contribution in [3.8, 4) is 23.0 Å². The van der Waals surface area contributed by atoms with Gasteiger partial charge < -0.3 is 56.8 Å². The zero-order chi connectivity index (χ0) is 40.1. The number of hydrogen-bond donors (Lipinski definition) is 0. The van der Waals surface area contributed by atoms with Gasteiger partial charge in [-0.05, 0) is 91.9 Å². The van der Waals surface area contributed by atoms with Crippen LogP contribution in [0.3, 0.4) is 0 Å². The van der Waals surface area contributed by atoms with Crippen LogP contribution in [-0.4, -0.2) is 145 Å². The highest BCUT2D eigenvalue weighted by Gasteiger charge is 2.22. The van der Waals surface area contributed by atoms with E-state index in [2.05, 4.69) is 0 Å². The molecule has 0 spiro atoms. The van der Waals surface area contributed by atoms with E-state index in [9.17, 15) is 9.59 Å². The van der Waals surface area contributed by atoms with Crippen LogP contribution in [0.2, 0.25) is 0 Å². The maximum Gasteiger partial charge on any atom is 0.253 e. The van der Waals surface area contributed by atoms with Crippen LogP contribution in [0.4, 0.5) is 0 Å². The molecule has 0 aliphatic heterocycles. The van der Waals surface area contributed by atoms with E-state index in [-0.39, 0.29) is 37.6 Å². The van der Waals surface area contributed by atoms with Crippen molar-refractivity contribution in [3.63, 3.8) is 0 Å². The molecule has 0 aliphatic carbocycles. The van der Waals surface area contributed by atoms with E-state index in [1.807, 2.05) is 24.3 Å². The number of fused-ring (bicyclic) bond motifs is 6. The first-order valence-electron chi connectivity index (χ1n) is 18.1. The number of carbonyl (C=O) groups is 2. The molecule has 0 amide bonds. The average molecular weight is 826 g/mol. The molecule has 0 heterocycles. The first-order chi connectivity index (χ1) is 27.3. The average Bonchev–Trinajstić information content (AvgIpc) is 3.19. The molecule has 16 heteroatoms. The highest BCUT2D eigenvalue weighted by Crippen LogP contribution is 2.45. The maximum atomic E-state index is 12.7. The van der Waals surface area contributed by atoms with E-state index in [0.717, 1.165) is 10.8 Å². The lowest BCUT2D eigenvalue weighted by Gasteiger charge is -2.20. The van der Waals surface area contributed by atoms with Crippen LogP contribution in [0.1, 0.15) is 20.7 Å². The number of hydrogen-bond acceptors (Lipinski definition) is 14. The van der Waals surface area contributed by atoms with Crippen molar-refractivity contribution in [2.75, 3.05) is 134 Å². The topological polar surface area (TPSA) is 145 Å². The monoisotopic (exact) mass is 824 g/mol. The third kappa shape index (κ3) is 13.3. The number of ether oxygens (including phenoxy) is 12. The Bertz CT molecular complexity index is 1720. The molecular formula is C40H50Cl2O14. The van der Waals surface area contributed by atoms with Crippen LogP contribution < -0.4 is 18.9 Å². The summed E-state index contributed by atoms with van der Waals surface area (Å²) >= 11 is 12.1. The minimum Gasteiger partial charge on any atom is -0.487 e. The van der Waals surface area contributed by atoms with Crippen LogP contribution in [0.15, 0.2) is 36.4 Å². The lowest BCUT2D eigenvalue weighted by Crippen LogP contribution is -2.13. The minimum atomic E-state index is -0.837. The highest BCUT2D eigenvalue weighted by molar-refractivity contribution is 6.72. The van der Waals surface area contributed by atoms with Gasteiger partial charge in [0.1, 0.15) is 26.4 Å². The summed E-state index contributed by atoms with van der Waals surface area (Å²) in [4.78, 5) is 25.4. The van der Waals surface area contributed by atoms with Gasteiger partial charge in [0.15, 0.2) is 23.0 Å². The van der Waals surface area contributed by atoms with Crippen molar-refractivity contribution < 1.29 is 66.4 Å². The van der Waals surface area contributed by atoms with Gasteiger partial charge in [-0.2, -0.15) is 0 Å². The fourth-order valence-electron chi connectivity index (χ4n) is 5.65. The Morgan fingerprint density at radius 3 is 0.786 bits per heavy atom. The number of halogens is 2. The van der Waals surface area contributed by atoms with Crippen LogP contribution in [0, 0.1) is 0 Å². The second kappa shape index (κ2) is 25.0. The van der Waals surface area contributed by atoms with Gasteiger partial charge in [0.2, 0.25) is 0 Å². The largest absolute Gasteiger partial charge is 0.487 e. The summed E-state index contributed by atoms with van der Waals surface area (Å²) < 4.78 is 67.8. The van der Waals surface area contributed by atoms with Crippen molar-refractivity contribution in [1.29, 1.82) is 0 Å². The molecule has 0 radical (unpaired) electrons.